The number of halogens is 2. The zero-order valence-electron chi connectivity index (χ0n) is 12.8. The van der Waals surface area contributed by atoms with Gasteiger partial charge in [0.2, 0.25) is 5.91 Å². The minimum Gasteiger partial charge on any atom is -0.392 e. The second-order valence-electron chi connectivity index (χ2n) is 5.89. The van der Waals surface area contributed by atoms with E-state index in [0.717, 1.165) is 5.56 Å². The normalized spacial score (nSPS) is 20.3. The lowest BCUT2D eigenvalue weighted by atomic mass is 10.0. The molecule has 1 aromatic rings. The van der Waals surface area contributed by atoms with Crippen LogP contribution in [0.4, 0.5) is 0 Å². The monoisotopic (exact) mass is 345 g/mol. The van der Waals surface area contributed by atoms with Gasteiger partial charge < -0.3 is 14.7 Å². The van der Waals surface area contributed by atoms with Crippen LogP contribution >= 0.6 is 23.2 Å². The number of benzene rings is 1. The summed E-state index contributed by atoms with van der Waals surface area (Å²) in [5.41, 5.74) is 0.899. The molecular weight excluding hydrogens is 325 g/mol. The van der Waals surface area contributed by atoms with Crippen molar-refractivity contribution in [3.05, 3.63) is 33.8 Å². The van der Waals surface area contributed by atoms with Crippen molar-refractivity contribution in [3.63, 3.8) is 0 Å². The van der Waals surface area contributed by atoms with Gasteiger partial charge in [-0.25, -0.2) is 0 Å². The van der Waals surface area contributed by atoms with Crippen LogP contribution in [0.1, 0.15) is 31.9 Å². The number of aliphatic hydroxyl groups is 1. The molecule has 22 heavy (non-hydrogen) atoms. The maximum absolute atomic E-state index is 12.3. The number of hydrogen-bond acceptors (Lipinski definition) is 3. The third-order valence-electron chi connectivity index (χ3n) is 3.89. The molecule has 2 atom stereocenters. The number of aliphatic hydroxyl groups excluding tert-OH is 1. The Morgan fingerprint density at radius 3 is 2.77 bits per heavy atom. The lowest BCUT2D eigenvalue weighted by molar-refractivity contribution is -0.141. The molecule has 0 saturated carbocycles. The summed E-state index contributed by atoms with van der Waals surface area (Å²) in [4.78, 5) is 14.0. The molecule has 6 heteroatoms. The summed E-state index contributed by atoms with van der Waals surface area (Å²) in [5.74, 6) is 0.0189. The van der Waals surface area contributed by atoms with E-state index < -0.39 is 6.10 Å². The van der Waals surface area contributed by atoms with Crippen molar-refractivity contribution in [3.8, 4) is 0 Å². The SMILES string of the molecule is CC(C)C(O)CC(=O)N1CCOC(c2ccc(Cl)c(Cl)c2)C1. The third-order valence-corrected chi connectivity index (χ3v) is 4.63. The van der Waals surface area contributed by atoms with Gasteiger partial charge in [0.05, 0.1) is 35.7 Å². The molecule has 2 rings (SSSR count). The minimum atomic E-state index is -0.612. The molecule has 1 amide bonds. The summed E-state index contributed by atoms with van der Waals surface area (Å²) < 4.78 is 5.73. The van der Waals surface area contributed by atoms with Gasteiger partial charge in [-0.05, 0) is 23.6 Å². The number of rotatable bonds is 4. The van der Waals surface area contributed by atoms with E-state index in [2.05, 4.69) is 0 Å². The molecule has 1 fully saturated rings. The van der Waals surface area contributed by atoms with Crippen LogP contribution in [0.5, 0.6) is 0 Å². The molecule has 0 radical (unpaired) electrons. The largest absolute Gasteiger partial charge is 0.392 e. The Labute approximate surface area is 141 Å². The molecule has 1 aromatic carbocycles. The van der Waals surface area contributed by atoms with Gasteiger partial charge >= 0.3 is 0 Å². The summed E-state index contributed by atoms with van der Waals surface area (Å²) >= 11 is 12.0. The standard InChI is InChI=1S/C16H21Cl2NO3/c1-10(2)14(20)8-16(21)19-5-6-22-15(9-19)11-3-4-12(17)13(18)7-11/h3-4,7,10,14-15,20H,5-6,8-9H2,1-2H3. The van der Waals surface area contributed by atoms with Crippen molar-refractivity contribution < 1.29 is 14.6 Å². The average molecular weight is 346 g/mol. The maximum atomic E-state index is 12.3. The molecule has 0 bridgehead atoms. The van der Waals surface area contributed by atoms with Gasteiger partial charge in [0.25, 0.3) is 0 Å². The molecule has 1 N–H and O–H groups in total. The van der Waals surface area contributed by atoms with Gasteiger partial charge in [-0.15, -0.1) is 0 Å². The quantitative estimate of drug-likeness (QED) is 0.910. The molecule has 1 saturated heterocycles. The van der Waals surface area contributed by atoms with Crippen molar-refractivity contribution in [2.45, 2.75) is 32.5 Å². The van der Waals surface area contributed by atoms with Crippen molar-refractivity contribution in [2.24, 2.45) is 5.92 Å². The first-order valence-electron chi connectivity index (χ1n) is 7.41. The van der Waals surface area contributed by atoms with Crippen LogP contribution in [0.25, 0.3) is 0 Å². The number of nitrogens with zero attached hydrogens (tertiary/aromatic N) is 1. The van der Waals surface area contributed by atoms with Crippen molar-refractivity contribution in [2.75, 3.05) is 19.7 Å². The van der Waals surface area contributed by atoms with Crippen molar-refractivity contribution in [1.29, 1.82) is 0 Å². The van der Waals surface area contributed by atoms with Gasteiger partial charge in [-0.2, -0.15) is 0 Å². The summed E-state index contributed by atoms with van der Waals surface area (Å²) in [5, 5.41) is 10.8. The summed E-state index contributed by atoms with van der Waals surface area (Å²) in [6.45, 7) is 5.27. The van der Waals surface area contributed by atoms with E-state index >= 15 is 0 Å². The molecule has 2 unspecified atom stereocenters. The topological polar surface area (TPSA) is 49.8 Å². The van der Waals surface area contributed by atoms with Crippen LogP contribution in [0.2, 0.25) is 10.0 Å². The first-order valence-corrected chi connectivity index (χ1v) is 8.16. The van der Waals surface area contributed by atoms with Gasteiger partial charge in [0.1, 0.15) is 6.10 Å². The predicted molar refractivity (Wildman–Crippen MR) is 87.2 cm³/mol. The van der Waals surface area contributed by atoms with Crippen molar-refractivity contribution in [1.82, 2.24) is 4.90 Å². The maximum Gasteiger partial charge on any atom is 0.225 e. The number of hydrogen-bond donors (Lipinski definition) is 1. The van der Waals surface area contributed by atoms with Crippen LogP contribution in [0.3, 0.4) is 0 Å². The average Bonchev–Trinajstić information content (AvgIpc) is 2.50. The van der Waals surface area contributed by atoms with E-state index in [1.807, 2.05) is 19.9 Å². The van der Waals surface area contributed by atoms with Gasteiger partial charge in [0, 0.05) is 6.54 Å². The second-order valence-corrected chi connectivity index (χ2v) is 6.70. The molecule has 1 heterocycles. The molecule has 4 nitrogen and oxygen atoms in total. The Hall–Kier alpha value is -0.810. The zero-order valence-corrected chi connectivity index (χ0v) is 14.3. The Kier molecular flexibility index (Phi) is 6.09. The number of amides is 1. The number of ether oxygens (including phenoxy) is 1. The molecule has 1 aliphatic rings. The Morgan fingerprint density at radius 2 is 2.14 bits per heavy atom. The fraction of sp³-hybridized carbons (Fsp3) is 0.562. The number of carbonyl (C=O) groups excluding carboxylic acids is 1. The summed E-state index contributed by atoms with van der Waals surface area (Å²) in [6, 6.07) is 5.35. The summed E-state index contributed by atoms with van der Waals surface area (Å²) in [6.07, 6.45) is -0.686. The fourth-order valence-corrected chi connectivity index (χ4v) is 2.64. The van der Waals surface area contributed by atoms with Gasteiger partial charge in [-0.3, -0.25) is 4.79 Å². The molecule has 0 spiro atoms. The molecule has 0 aliphatic carbocycles. The number of carbonyl (C=O) groups is 1. The van der Waals surface area contributed by atoms with E-state index in [1.54, 1.807) is 17.0 Å². The highest BCUT2D eigenvalue weighted by Crippen LogP contribution is 2.29. The molecular formula is C16H21Cl2NO3. The zero-order chi connectivity index (χ0) is 16.3. The van der Waals surface area contributed by atoms with Gasteiger partial charge in [0.15, 0.2) is 0 Å². The lowest BCUT2D eigenvalue weighted by Gasteiger charge is -2.34. The fourth-order valence-electron chi connectivity index (χ4n) is 2.33. The number of morpholine rings is 1. The Morgan fingerprint density at radius 1 is 1.41 bits per heavy atom. The first-order chi connectivity index (χ1) is 10.4. The highest BCUT2D eigenvalue weighted by molar-refractivity contribution is 6.42. The van der Waals surface area contributed by atoms with Crippen LogP contribution in [0.15, 0.2) is 18.2 Å². The van der Waals surface area contributed by atoms with Gasteiger partial charge in [-0.1, -0.05) is 43.1 Å². The van der Waals surface area contributed by atoms with E-state index in [0.29, 0.717) is 29.7 Å². The molecule has 1 aliphatic heterocycles. The molecule has 0 aromatic heterocycles. The first kappa shape index (κ1) is 17.5. The van der Waals surface area contributed by atoms with E-state index in [4.69, 9.17) is 27.9 Å². The smallest absolute Gasteiger partial charge is 0.225 e. The van der Waals surface area contributed by atoms with Crippen molar-refractivity contribution >= 4 is 29.1 Å². The lowest BCUT2D eigenvalue weighted by Crippen LogP contribution is -2.43. The second kappa shape index (κ2) is 7.64. The minimum absolute atomic E-state index is 0.0467. The highest BCUT2D eigenvalue weighted by atomic mass is 35.5. The van der Waals surface area contributed by atoms with E-state index in [1.165, 1.54) is 0 Å². The van der Waals surface area contributed by atoms with E-state index in [-0.39, 0.29) is 24.3 Å². The van der Waals surface area contributed by atoms with Crippen LogP contribution in [-0.2, 0) is 9.53 Å². The highest BCUT2D eigenvalue weighted by Gasteiger charge is 2.27. The van der Waals surface area contributed by atoms with Crippen LogP contribution in [0, 0.1) is 5.92 Å². The van der Waals surface area contributed by atoms with E-state index in [9.17, 15) is 9.90 Å². The van der Waals surface area contributed by atoms with Crippen LogP contribution < -0.4 is 0 Å². The van der Waals surface area contributed by atoms with Crippen LogP contribution in [-0.4, -0.2) is 41.7 Å². The summed E-state index contributed by atoms with van der Waals surface area (Å²) in [7, 11) is 0. The Balaban J connectivity index is 2.02. The predicted octanol–water partition coefficient (Wildman–Crippen LogP) is 3.30. The molecule has 122 valence electrons. The third kappa shape index (κ3) is 4.35. The Bertz CT molecular complexity index is 536.